The van der Waals surface area contributed by atoms with Crippen molar-refractivity contribution < 1.29 is 4.79 Å². The molecule has 18 heavy (non-hydrogen) atoms. The van der Waals surface area contributed by atoms with Gasteiger partial charge in [-0.2, -0.15) is 5.26 Å². The first-order valence-corrected chi connectivity index (χ1v) is 7.02. The SMILES string of the molecule is CC1CC(C#N)(C(=O)NCC(C(C)C)C(C)C)C1. The van der Waals surface area contributed by atoms with E-state index >= 15 is 0 Å². The molecule has 0 bridgehead atoms. The van der Waals surface area contributed by atoms with Crippen molar-refractivity contribution >= 4 is 5.91 Å². The van der Waals surface area contributed by atoms with Gasteiger partial charge in [-0.05, 0) is 36.5 Å². The number of rotatable bonds is 5. The van der Waals surface area contributed by atoms with Crippen molar-refractivity contribution in [3.63, 3.8) is 0 Å². The summed E-state index contributed by atoms with van der Waals surface area (Å²) in [5, 5.41) is 12.2. The summed E-state index contributed by atoms with van der Waals surface area (Å²) in [4.78, 5) is 12.1. The molecule has 1 aliphatic carbocycles. The molecule has 0 saturated heterocycles. The lowest BCUT2D eigenvalue weighted by atomic mass is 9.63. The van der Waals surface area contributed by atoms with E-state index in [-0.39, 0.29) is 5.91 Å². The van der Waals surface area contributed by atoms with Crippen LogP contribution in [0.3, 0.4) is 0 Å². The minimum Gasteiger partial charge on any atom is -0.354 e. The number of nitrogens with zero attached hydrogens (tertiary/aromatic N) is 1. The Balaban J connectivity index is 2.53. The van der Waals surface area contributed by atoms with Crippen LogP contribution in [-0.4, -0.2) is 12.5 Å². The highest BCUT2D eigenvalue weighted by Gasteiger charge is 2.48. The third-order valence-electron chi connectivity index (χ3n) is 4.25. The van der Waals surface area contributed by atoms with Crippen LogP contribution in [0.1, 0.15) is 47.5 Å². The molecule has 102 valence electrons. The zero-order valence-corrected chi connectivity index (χ0v) is 12.3. The lowest BCUT2D eigenvalue weighted by molar-refractivity contribution is -0.134. The van der Waals surface area contributed by atoms with Crippen molar-refractivity contribution in [1.82, 2.24) is 5.32 Å². The number of nitriles is 1. The largest absolute Gasteiger partial charge is 0.354 e. The van der Waals surface area contributed by atoms with Crippen molar-refractivity contribution in [2.45, 2.75) is 47.5 Å². The van der Waals surface area contributed by atoms with E-state index in [0.29, 0.717) is 43.1 Å². The molecule has 1 saturated carbocycles. The molecule has 0 heterocycles. The molecule has 1 fully saturated rings. The van der Waals surface area contributed by atoms with Crippen LogP contribution in [0.2, 0.25) is 0 Å². The maximum Gasteiger partial charge on any atom is 0.240 e. The second-order valence-electron chi connectivity index (χ2n) is 6.57. The number of nitrogens with one attached hydrogen (secondary N) is 1. The third-order valence-corrected chi connectivity index (χ3v) is 4.25. The molecule has 1 rings (SSSR count). The van der Waals surface area contributed by atoms with Gasteiger partial charge < -0.3 is 5.32 Å². The van der Waals surface area contributed by atoms with E-state index in [2.05, 4.69) is 46.0 Å². The van der Waals surface area contributed by atoms with Gasteiger partial charge in [-0.3, -0.25) is 4.79 Å². The van der Waals surface area contributed by atoms with Crippen molar-refractivity contribution in [2.75, 3.05) is 6.54 Å². The second-order valence-corrected chi connectivity index (χ2v) is 6.57. The number of hydrogen-bond acceptors (Lipinski definition) is 2. The van der Waals surface area contributed by atoms with E-state index in [1.807, 2.05) is 0 Å². The molecule has 0 atom stereocenters. The normalized spacial score (nSPS) is 27.2. The van der Waals surface area contributed by atoms with Crippen LogP contribution >= 0.6 is 0 Å². The van der Waals surface area contributed by atoms with Gasteiger partial charge in [0.2, 0.25) is 5.91 Å². The molecule has 3 heteroatoms. The van der Waals surface area contributed by atoms with Gasteiger partial charge in [-0.25, -0.2) is 0 Å². The van der Waals surface area contributed by atoms with Crippen LogP contribution in [0.4, 0.5) is 0 Å². The Kier molecular flexibility index (Phi) is 4.78. The van der Waals surface area contributed by atoms with Gasteiger partial charge in [-0.15, -0.1) is 0 Å². The van der Waals surface area contributed by atoms with Gasteiger partial charge in [-0.1, -0.05) is 34.6 Å². The summed E-state index contributed by atoms with van der Waals surface area (Å²) in [6, 6.07) is 2.22. The third kappa shape index (κ3) is 3.04. The predicted octanol–water partition coefficient (Wildman–Crippen LogP) is 2.97. The summed E-state index contributed by atoms with van der Waals surface area (Å²) in [6.45, 7) is 11.5. The molecule has 0 aliphatic heterocycles. The van der Waals surface area contributed by atoms with Crippen molar-refractivity contribution in [3.8, 4) is 6.07 Å². The Morgan fingerprint density at radius 3 is 2.17 bits per heavy atom. The van der Waals surface area contributed by atoms with Crippen LogP contribution in [0, 0.1) is 40.4 Å². The fourth-order valence-corrected chi connectivity index (χ4v) is 3.08. The second kappa shape index (κ2) is 5.73. The monoisotopic (exact) mass is 250 g/mol. The summed E-state index contributed by atoms with van der Waals surface area (Å²) >= 11 is 0. The molecule has 0 spiro atoms. The molecular formula is C15H26N2O. The van der Waals surface area contributed by atoms with Crippen molar-refractivity contribution in [1.29, 1.82) is 5.26 Å². The van der Waals surface area contributed by atoms with E-state index in [9.17, 15) is 10.1 Å². The minimum absolute atomic E-state index is 0.0607. The van der Waals surface area contributed by atoms with Gasteiger partial charge >= 0.3 is 0 Å². The summed E-state index contributed by atoms with van der Waals surface area (Å²) < 4.78 is 0. The maximum absolute atomic E-state index is 12.1. The number of hydrogen-bond donors (Lipinski definition) is 1. The van der Waals surface area contributed by atoms with Crippen molar-refractivity contribution in [3.05, 3.63) is 0 Å². The molecule has 0 unspecified atom stereocenters. The molecule has 1 aliphatic rings. The highest BCUT2D eigenvalue weighted by molar-refractivity contribution is 5.86. The van der Waals surface area contributed by atoms with E-state index in [1.54, 1.807) is 0 Å². The van der Waals surface area contributed by atoms with Gasteiger partial charge in [0.15, 0.2) is 0 Å². The van der Waals surface area contributed by atoms with Crippen LogP contribution < -0.4 is 5.32 Å². The number of carbonyl (C=O) groups excluding carboxylic acids is 1. The fourth-order valence-electron chi connectivity index (χ4n) is 3.08. The minimum atomic E-state index is -0.738. The fraction of sp³-hybridized carbons (Fsp3) is 0.867. The Morgan fingerprint density at radius 1 is 1.33 bits per heavy atom. The molecule has 1 N–H and O–H groups in total. The molecule has 3 nitrogen and oxygen atoms in total. The smallest absolute Gasteiger partial charge is 0.240 e. The van der Waals surface area contributed by atoms with Crippen LogP contribution in [0.25, 0.3) is 0 Å². The molecular weight excluding hydrogens is 224 g/mol. The van der Waals surface area contributed by atoms with E-state index in [4.69, 9.17) is 0 Å². The topological polar surface area (TPSA) is 52.9 Å². The first-order chi connectivity index (χ1) is 8.32. The Bertz CT molecular complexity index is 327. The van der Waals surface area contributed by atoms with Crippen LogP contribution in [0.15, 0.2) is 0 Å². The lowest BCUT2D eigenvalue weighted by Gasteiger charge is -2.39. The zero-order chi connectivity index (χ0) is 13.9. The molecule has 0 aromatic heterocycles. The average molecular weight is 250 g/mol. The van der Waals surface area contributed by atoms with E-state index in [1.165, 1.54) is 0 Å². The van der Waals surface area contributed by atoms with E-state index in [0.717, 1.165) is 0 Å². The number of amides is 1. The predicted molar refractivity (Wildman–Crippen MR) is 72.6 cm³/mol. The summed E-state index contributed by atoms with van der Waals surface area (Å²) in [7, 11) is 0. The van der Waals surface area contributed by atoms with Gasteiger partial charge in [0.05, 0.1) is 6.07 Å². The van der Waals surface area contributed by atoms with Gasteiger partial charge in [0.1, 0.15) is 5.41 Å². The lowest BCUT2D eigenvalue weighted by Crippen LogP contribution is -2.49. The maximum atomic E-state index is 12.1. The quantitative estimate of drug-likeness (QED) is 0.815. The average Bonchev–Trinajstić information content (AvgIpc) is 2.23. The number of carbonyl (C=O) groups is 1. The van der Waals surface area contributed by atoms with Crippen molar-refractivity contribution in [2.24, 2.45) is 29.1 Å². The highest BCUT2D eigenvalue weighted by atomic mass is 16.2. The molecule has 0 radical (unpaired) electrons. The van der Waals surface area contributed by atoms with Gasteiger partial charge in [0.25, 0.3) is 0 Å². The Hall–Kier alpha value is -1.04. The molecule has 0 aromatic carbocycles. The first kappa shape index (κ1) is 15.0. The van der Waals surface area contributed by atoms with E-state index < -0.39 is 5.41 Å². The molecule has 1 amide bonds. The molecule has 0 aromatic rings. The Morgan fingerprint density at radius 2 is 1.83 bits per heavy atom. The van der Waals surface area contributed by atoms with Crippen LogP contribution in [0.5, 0.6) is 0 Å². The van der Waals surface area contributed by atoms with Gasteiger partial charge in [0, 0.05) is 6.54 Å². The Labute approximate surface area is 111 Å². The van der Waals surface area contributed by atoms with Crippen LogP contribution in [-0.2, 0) is 4.79 Å². The zero-order valence-electron chi connectivity index (χ0n) is 12.3. The summed E-state index contributed by atoms with van der Waals surface area (Å²) in [5.41, 5.74) is -0.738. The first-order valence-electron chi connectivity index (χ1n) is 7.02. The summed E-state index contributed by atoms with van der Waals surface area (Å²) in [5.74, 6) is 2.00. The summed E-state index contributed by atoms with van der Waals surface area (Å²) in [6.07, 6.45) is 1.42. The standard InChI is InChI=1S/C15H26N2O/c1-10(2)13(11(3)4)8-17-14(18)15(9-16)6-12(5)7-15/h10-13H,6-8H2,1-5H3,(H,17,18). The highest BCUT2D eigenvalue weighted by Crippen LogP contribution is 2.45.